The smallest absolute Gasteiger partial charge is 0.321 e. The zero-order valence-corrected chi connectivity index (χ0v) is 21.6. The van der Waals surface area contributed by atoms with Crippen molar-refractivity contribution in [2.45, 2.75) is 11.4 Å². The Balaban J connectivity index is 1.37. The number of thiophene rings is 1. The molecule has 37 heavy (non-hydrogen) atoms. The van der Waals surface area contributed by atoms with Gasteiger partial charge in [-0.05, 0) is 54.9 Å². The molecule has 0 radical (unpaired) electrons. The number of benzene rings is 2. The number of hydrogen-bond acceptors (Lipinski definition) is 6. The van der Waals surface area contributed by atoms with Crippen LogP contribution in [-0.4, -0.2) is 63.1 Å². The Labute approximate surface area is 219 Å². The lowest BCUT2D eigenvalue weighted by Crippen LogP contribution is -2.48. The van der Waals surface area contributed by atoms with Crippen LogP contribution in [0.15, 0.2) is 77.3 Å². The van der Waals surface area contributed by atoms with E-state index in [-0.39, 0.29) is 17.5 Å². The molecule has 0 bridgehead atoms. The zero-order valence-electron chi connectivity index (χ0n) is 20.0. The lowest BCUT2D eigenvalue weighted by molar-refractivity contribution is 0.101. The maximum absolute atomic E-state index is 13.7. The number of sulfonamides is 1. The summed E-state index contributed by atoms with van der Waals surface area (Å²) in [6, 6.07) is 14.8. The van der Waals surface area contributed by atoms with Gasteiger partial charge >= 0.3 is 6.03 Å². The van der Waals surface area contributed by atoms with Crippen LogP contribution in [0.25, 0.3) is 10.4 Å². The molecular weight excluding hydrogens is 510 g/mol. The number of nitrogens with one attached hydrogen (secondary N) is 1. The van der Waals surface area contributed by atoms with Crippen LogP contribution in [0.5, 0.6) is 0 Å². The minimum absolute atomic E-state index is 0.0881. The minimum Gasteiger partial charge on any atom is -0.374 e. The van der Waals surface area contributed by atoms with Crippen LogP contribution >= 0.6 is 11.3 Å². The molecule has 3 aromatic rings. The number of carbonyl (C=O) groups excluding carboxylic acids is 2. The van der Waals surface area contributed by atoms with Gasteiger partial charge in [-0.1, -0.05) is 24.8 Å². The van der Waals surface area contributed by atoms with E-state index in [2.05, 4.69) is 28.5 Å². The number of carbonyl (C=O) groups is 2. The third-order valence-corrected chi connectivity index (χ3v) is 9.42. The van der Waals surface area contributed by atoms with E-state index in [4.69, 9.17) is 0 Å². The van der Waals surface area contributed by atoms with Crippen molar-refractivity contribution in [2.75, 3.05) is 35.8 Å². The fourth-order valence-corrected chi connectivity index (χ4v) is 7.01. The van der Waals surface area contributed by atoms with E-state index < -0.39 is 15.9 Å². The van der Waals surface area contributed by atoms with Crippen molar-refractivity contribution >= 4 is 51.4 Å². The Kier molecular flexibility index (Phi) is 6.57. The van der Waals surface area contributed by atoms with Crippen molar-refractivity contribution in [3.8, 4) is 10.4 Å². The summed E-state index contributed by atoms with van der Waals surface area (Å²) in [7, 11) is -3.93. The lowest BCUT2D eigenvalue weighted by atomic mass is 10.0. The average molecular weight is 536 g/mol. The van der Waals surface area contributed by atoms with Gasteiger partial charge in [0.25, 0.3) is 15.9 Å². The monoisotopic (exact) mass is 535 g/mol. The van der Waals surface area contributed by atoms with Gasteiger partial charge in [-0.25, -0.2) is 18.2 Å². The van der Waals surface area contributed by atoms with Gasteiger partial charge in [0.15, 0.2) is 0 Å². The molecule has 5 rings (SSSR count). The Morgan fingerprint density at radius 3 is 2.41 bits per heavy atom. The third-order valence-electron chi connectivity index (χ3n) is 6.45. The molecule has 2 aliphatic heterocycles. The summed E-state index contributed by atoms with van der Waals surface area (Å²) in [4.78, 5) is 33.3. The van der Waals surface area contributed by atoms with Crippen LogP contribution in [0.2, 0.25) is 0 Å². The molecule has 0 unspecified atom stereocenters. The molecule has 0 saturated carbocycles. The van der Waals surface area contributed by atoms with Gasteiger partial charge in [-0.15, -0.1) is 11.3 Å². The predicted molar refractivity (Wildman–Crippen MR) is 146 cm³/mol. The van der Waals surface area contributed by atoms with Crippen molar-refractivity contribution in [1.29, 1.82) is 0 Å². The molecule has 1 saturated heterocycles. The molecule has 0 atom stereocenters. The molecule has 1 fully saturated rings. The second kappa shape index (κ2) is 9.83. The standard InChI is InChI=1S/C26H25N5O4S2/c1-3-29-12-14-30(15-13-29)26(33)28-19-8-10-20(11-9-19)37(34,35)31-17-18-16-23(25(32)27-2)36-24(18)21-6-4-5-7-22(21)31/h3-11,16H,1-2,12-15,17H2,(H,28,33). The fraction of sp³-hybridized carbons (Fsp3) is 0.192. The first-order valence-electron chi connectivity index (χ1n) is 11.6. The van der Waals surface area contributed by atoms with Crippen LogP contribution in [0.3, 0.4) is 0 Å². The molecule has 2 aromatic carbocycles. The molecule has 0 aliphatic carbocycles. The number of urea groups is 1. The summed E-state index contributed by atoms with van der Waals surface area (Å²) >= 11 is 1.28. The predicted octanol–water partition coefficient (Wildman–Crippen LogP) is 4.26. The summed E-state index contributed by atoms with van der Waals surface area (Å²) in [5.41, 5.74) is 2.52. The molecular formula is C26H25N5O4S2. The van der Waals surface area contributed by atoms with E-state index in [1.807, 2.05) is 12.1 Å². The number of anilines is 2. The molecule has 1 aromatic heterocycles. The zero-order chi connectivity index (χ0) is 26.2. The van der Waals surface area contributed by atoms with E-state index in [0.29, 0.717) is 29.3 Å². The molecule has 2 aliphatic rings. The number of amides is 3. The van der Waals surface area contributed by atoms with Crippen LogP contribution in [-0.2, 0) is 16.6 Å². The van der Waals surface area contributed by atoms with Crippen LogP contribution in [0, 0.1) is 0 Å². The molecule has 3 amide bonds. The first kappa shape index (κ1) is 24.7. The van der Waals surface area contributed by atoms with Crippen molar-refractivity contribution in [2.24, 2.45) is 4.99 Å². The summed E-state index contributed by atoms with van der Waals surface area (Å²) in [5.74, 6) is -0.438. The topological polar surface area (TPSA) is 102 Å². The SMILES string of the molecule is C=CN1CCN(C(=O)Nc2ccc(S(=O)(=O)N3Cc4cc(C(=O)N=C)sc4-c4ccccc43)cc2)CC1. The van der Waals surface area contributed by atoms with Crippen molar-refractivity contribution in [3.05, 3.63) is 77.8 Å². The van der Waals surface area contributed by atoms with E-state index in [1.165, 1.54) is 27.8 Å². The van der Waals surface area contributed by atoms with Crippen LogP contribution in [0.1, 0.15) is 15.2 Å². The second-order valence-corrected chi connectivity index (χ2v) is 11.5. The maximum Gasteiger partial charge on any atom is 0.321 e. The summed E-state index contributed by atoms with van der Waals surface area (Å²) in [6.07, 6.45) is 1.77. The van der Waals surface area contributed by atoms with E-state index >= 15 is 0 Å². The number of fused-ring (bicyclic) bond motifs is 3. The highest BCUT2D eigenvalue weighted by Gasteiger charge is 2.33. The first-order chi connectivity index (χ1) is 17.8. The average Bonchev–Trinajstić information content (AvgIpc) is 3.37. The van der Waals surface area contributed by atoms with E-state index in [0.717, 1.165) is 29.1 Å². The van der Waals surface area contributed by atoms with Gasteiger partial charge < -0.3 is 15.1 Å². The minimum atomic E-state index is -3.93. The van der Waals surface area contributed by atoms with Gasteiger partial charge in [0, 0.05) is 42.3 Å². The van der Waals surface area contributed by atoms with Gasteiger partial charge in [0.05, 0.1) is 22.0 Å². The normalized spacial score (nSPS) is 15.0. The molecule has 0 spiro atoms. The quantitative estimate of drug-likeness (QED) is 0.492. The number of hydrogen-bond donors (Lipinski definition) is 1. The molecule has 11 heteroatoms. The van der Waals surface area contributed by atoms with Crippen molar-refractivity contribution in [3.63, 3.8) is 0 Å². The van der Waals surface area contributed by atoms with Gasteiger partial charge in [-0.2, -0.15) is 0 Å². The van der Waals surface area contributed by atoms with Gasteiger partial charge in [-0.3, -0.25) is 9.10 Å². The number of piperazine rings is 1. The van der Waals surface area contributed by atoms with Gasteiger partial charge in [0.2, 0.25) is 0 Å². The molecule has 9 nitrogen and oxygen atoms in total. The fourth-order valence-electron chi connectivity index (χ4n) is 4.44. The first-order valence-corrected chi connectivity index (χ1v) is 13.9. The molecule has 1 N–H and O–H groups in total. The number of nitrogens with zero attached hydrogens (tertiary/aromatic N) is 4. The van der Waals surface area contributed by atoms with Gasteiger partial charge in [0.1, 0.15) is 0 Å². The molecule has 190 valence electrons. The third kappa shape index (κ3) is 4.63. The Hall–Kier alpha value is -3.96. The van der Waals surface area contributed by atoms with Crippen LogP contribution < -0.4 is 9.62 Å². The summed E-state index contributed by atoms with van der Waals surface area (Å²) in [6.45, 7) is 9.75. The largest absolute Gasteiger partial charge is 0.374 e. The van der Waals surface area contributed by atoms with Crippen molar-refractivity contribution in [1.82, 2.24) is 9.80 Å². The molecule has 3 heterocycles. The maximum atomic E-state index is 13.7. The Morgan fingerprint density at radius 1 is 1.03 bits per heavy atom. The van der Waals surface area contributed by atoms with Crippen LogP contribution in [0.4, 0.5) is 16.2 Å². The Bertz CT molecular complexity index is 1490. The second-order valence-electron chi connectivity index (χ2n) is 8.62. The highest BCUT2D eigenvalue weighted by atomic mass is 32.2. The number of para-hydroxylation sites is 1. The highest BCUT2D eigenvalue weighted by molar-refractivity contribution is 7.92. The number of aliphatic imine (C=N–C) groups is 1. The van der Waals surface area contributed by atoms with E-state index in [1.54, 1.807) is 41.4 Å². The van der Waals surface area contributed by atoms with E-state index in [9.17, 15) is 18.0 Å². The highest BCUT2D eigenvalue weighted by Crippen LogP contribution is 2.45. The summed E-state index contributed by atoms with van der Waals surface area (Å²) in [5, 5.41) is 2.84. The summed E-state index contributed by atoms with van der Waals surface area (Å²) < 4.78 is 28.8. The number of rotatable bonds is 5. The lowest BCUT2D eigenvalue weighted by Gasteiger charge is -2.33. The Morgan fingerprint density at radius 2 is 1.73 bits per heavy atom. The van der Waals surface area contributed by atoms with Crippen molar-refractivity contribution < 1.29 is 18.0 Å².